The molecule has 1 unspecified atom stereocenters. The fraction of sp³-hybridized carbons (Fsp3) is 0.632. The van der Waals surface area contributed by atoms with Crippen LogP contribution in [0.5, 0.6) is 5.75 Å². The van der Waals surface area contributed by atoms with Crippen LogP contribution in [0.25, 0.3) is 0 Å². The van der Waals surface area contributed by atoms with Crippen LogP contribution in [0.2, 0.25) is 0 Å². The lowest BCUT2D eigenvalue weighted by Crippen LogP contribution is -2.25. The van der Waals surface area contributed by atoms with Crippen LogP contribution in [0.3, 0.4) is 0 Å². The van der Waals surface area contributed by atoms with E-state index >= 15 is 0 Å². The molecule has 1 atom stereocenters. The number of nitrogens with zero attached hydrogens (tertiary/aromatic N) is 4. The van der Waals surface area contributed by atoms with Gasteiger partial charge in [-0.3, -0.25) is 0 Å². The summed E-state index contributed by atoms with van der Waals surface area (Å²) in [6, 6.07) is 8.60. The molecule has 3 rings (SSSR count). The molecule has 1 aromatic heterocycles. The molecule has 136 valence electrons. The Labute approximate surface area is 150 Å². The highest BCUT2D eigenvalue weighted by Gasteiger charge is 2.27. The first-order chi connectivity index (χ1) is 12.2. The van der Waals surface area contributed by atoms with E-state index in [1.54, 1.807) is 0 Å². The van der Waals surface area contributed by atoms with Crippen molar-refractivity contribution in [2.75, 3.05) is 11.9 Å². The molecule has 1 N–H and O–H groups in total. The van der Waals surface area contributed by atoms with Crippen molar-refractivity contribution in [2.45, 2.75) is 65.0 Å². The average Bonchev–Trinajstić information content (AvgIpc) is 3.11. The number of hydrogen-bond donors (Lipinski definition) is 1. The molecule has 1 heterocycles. The number of rotatable bonds is 7. The van der Waals surface area contributed by atoms with Crippen LogP contribution in [-0.2, 0) is 0 Å². The number of hydrogen-bond acceptors (Lipinski definition) is 5. The molecule has 0 amide bonds. The predicted molar refractivity (Wildman–Crippen MR) is 98.8 cm³/mol. The number of nitrogens with one attached hydrogen (secondary N) is 1. The van der Waals surface area contributed by atoms with Crippen molar-refractivity contribution in [3.05, 3.63) is 30.1 Å². The second-order valence-electron chi connectivity index (χ2n) is 7.10. The van der Waals surface area contributed by atoms with Gasteiger partial charge in [-0.05, 0) is 60.4 Å². The first kappa shape index (κ1) is 17.7. The highest BCUT2D eigenvalue weighted by atomic mass is 16.5. The van der Waals surface area contributed by atoms with Crippen molar-refractivity contribution in [3.63, 3.8) is 0 Å². The van der Waals surface area contributed by atoms with Gasteiger partial charge in [0.1, 0.15) is 5.75 Å². The Kier molecular flexibility index (Phi) is 5.89. The highest BCUT2D eigenvalue weighted by Crippen LogP contribution is 2.32. The van der Waals surface area contributed by atoms with Gasteiger partial charge in [0.2, 0.25) is 0 Å². The molecular weight excluding hydrogens is 314 g/mol. The third-order valence-corrected chi connectivity index (χ3v) is 4.87. The zero-order valence-electron chi connectivity index (χ0n) is 15.5. The number of aromatic nitrogens is 4. The molecule has 25 heavy (non-hydrogen) atoms. The van der Waals surface area contributed by atoms with Gasteiger partial charge in [-0.25, -0.2) is 4.68 Å². The van der Waals surface area contributed by atoms with Gasteiger partial charge in [0, 0.05) is 5.69 Å². The number of benzene rings is 1. The Bertz CT molecular complexity index is 646. The van der Waals surface area contributed by atoms with Gasteiger partial charge in [0.15, 0.2) is 5.82 Å². The van der Waals surface area contributed by atoms with Crippen molar-refractivity contribution in [2.24, 2.45) is 5.92 Å². The van der Waals surface area contributed by atoms with Crippen molar-refractivity contribution in [1.29, 1.82) is 0 Å². The van der Waals surface area contributed by atoms with Crippen molar-refractivity contribution in [1.82, 2.24) is 20.2 Å². The van der Waals surface area contributed by atoms with E-state index < -0.39 is 0 Å². The van der Waals surface area contributed by atoms with E-state index in [0.29, 0.717) is 18.6 Å². The molecule has 1 aromatic carbocycles. The summed E-state index contributed by atoms with van der Waals surface area (Å²) >= 11 is 0. The molecule has 6 heteroatoms. The van der Waals surface area contributed by atoms with E-state index in [4.69, 9.17) is 4.74 Å². The number of anilines is 1. The van der Waals surface area contributed by atoms with Crippen LogP contribution in [-0.4, -0.2) is 26.8 Å². The maximum absolute atomic E-state index is 5.52. The number of ether oxygens (including phenoxy) is 1. The normalized spacial score (nSPS) is 16.8. The molecule has 6 nitrogen and oxygen atoms in total. The second-order valence-corrected chi connectivity index (χ2v) is 7.10. The van der Waals surface area contributed by atoms with Gasteiger partial charge in [-0.15, -0.1) is 5.10 Å². The Morgan fingerprint density at radius 3 is 2.52 bits per heavy atom. The van der Waals surface area contributed by atoms with E-state index in [-0.39, 0.29) is 6.04 Å². The molecule has 0 saturated heterocycles. The Hall–Kier alpha value is -2.11. The summed E-state index contributed by atoms with van der Waals surface area (Å²) in [4.78, 5) is 0. The summed E-state index contributed by atoms with van der Waals surface area (Å²) in [5.41, 5.74) is 1.06. The SMILES string of the molecule is CCOc1ccc(NC(c2nnnn2C2CCCCC2)C(C)C)cc1. The lowest BCUT2D eigenvalue weighted by atomic mass is 9.95. The minimum absolute atomic E-state index is 0.0786. The molecule has 0 spiro atoms. The molecule has 2 aromatic rings. The van der Waals surface area contributed by atoms with E-state index in [1.165, 1.54) is 32.1 Å². The zero-order chi connectivity index (χ0) is 17.6. The quantitative estimate of drug-likeness (QED) is 0.808. The molecule has 0 bridgehead atoms. The minimum Gasteiger partial charge on any atom is -0.494 e. The molecule has 1 aliphatic carbocycles. The molecule has 0 aliphatic heterocycles. The summed E-state index contributed by atoms with van der Waals surface area (Å²) < 4.78 is 7.58. The standard InChI is InChI=1S/C19H29N5O/c1-4-25-17-12-10-15(11-13-17)20-18(14(2)3)19-21-22-23-24(19)16-8-6-5-7-9-16/h10-14,16,18,20H,4-9H2,1-3H3. The minimum atomic E-state index is 0.0786. The van der Waals surface area contributed by atoms with Crippen molar-refractivity contribution >= 4 is 5.69 Å². The fourth-order valence-corrected chi connectivity index (χ4v) is 3.51. The van der Waals surface area contributed by atoms with Gasteiger partial charge in [-0.1, -0.05) is 33.1 Å². The van der Waals surface area contributed by atoms with Gasteiger partial charge in [-0.2, -0.15) is 0 Å². The molecule has 1 saturated carbocycles. The first-order valence-corrected chi connectivity index (χ1v) is 9.46. The summed E-state index contributed by atoms with van der Waals surface area (Å²) in [5.74, 6) is 2.21. The average molecular weight is 343 g/mol. The van der Waals surface area contributed by atoms with Crippen LogP contribution in [0.1, 0.15) is 70.8 Å². The van der Waals surface area contributed by atoms with Crippen LogP contribution < -0.4 is 10.1 Å². The van der Waals surface area contributed by atoms with E-state index in [2.05, 4.69) is 51.5 Å². The topological polar surface area (TPSA) is 64.9 Å². The monoisotopic (exact) mass is 343 g/mol. The van der Waals surface area contributed by atoms with Gasteiger partial charge >= 0.3 is 0 Å². The third kappa shape index (κ3) is 4.30. The van der Waals surface area contributed by atoms with Crippen molar-refractivity contribution < 1.29 is 4.74 Å². The Balaban J connectivity index is 1.78. The van der Waals surface area contributed by atoms with Crippen LogP contribution in [0.4, 0.5) is 5.69 Å². The first-order valence-electron chi connectivity index (χ1n) is 9.46. The zero-order valence-corrected chi connectivity index (χ0v) is 15.5. The summed E-state index contributed by atoms with van der Waals surface area (Å²) in [5, 5.41) is 16.3. The van der Waals surface area contributed by atoms with Crippen LogP contribution in [0, 0.1) is 5.92 Å². The lowest BCUT2D eigenvalue weighted by Gasteiger charge is -2.27. The molecular formula is C19H29N5O. The van der Waals surface area contributed by atoms with Crippen LogP contribution >= 0.6 is 0 Å². The molecule has 0 radical (unpaired) electrons. The maximum atomic E-state index is 5.52. The Morgan fingerprint density at radius 2 is 1.88 bits per heavy atom. The van der Waals surface area contributed by atoms with Crippen molar-refractivity contribution in [3.8, 4) is 5.75 Å². The Morgan fingerprint density at radius 1 is 1.16 bits per heavy atom. The largest absolute Gasteiger partial charge is 0.494 e. The maximum Gasteiger partial charge on any atom is 0.174 e. The van der Waals surface area contributed by atoms with E-state index in [9.17, 15) is 0 Å². The van der Waals surface area contributed by atoms with E-state index in [1.807, 2.05) is 19.1 Å². The summed E-state index contributed by atoms with van der Waals surface area (Å²) in [6.07, 6.45) is 6.20. The summed E-state index contributed by atoms with van der Waals surface area (Å²) in [6.45, 7) is 7.07. The van der Waals surface area contributed by atoms with Gasteiger partial charge < -0.3 is 10.1 Å². The second kappa shape index (κ2) is 8.32. The van der Waals surface area contributed by atoms with Gasteiger partial charge in [0.25, 0.3) is 0 Å². The predicted octanol–water partition coefficient (Wildman–Crippen LogP) is 4.39. The fourth-order valence-electron chi connectivity index (χ4n) is 3.51. The smallest absolute Gasteiger partial charge is 0.174 e. The van der Waals surface area contributed by atoms with Crippen LogP contribution in [0.15, 0.2) is 24.3 Å². The molecule has 1 aliphatic rings. The molecule has 1 fully saturated rings. The highest BCUT2D eigenvalue weighted by molar-refractivity contribution is 5.47. The van der Waals surface area contributed by atoms with Gasteiger partial charge in [0.05, 0.1) is 18.7 Å². The van der Waals surface area contributed by atoms with E-state index in [0.717, 1.165) is 17.3 Å². The third-order valence-electron chi connectivity index (χ3n) is 4.87. The summed E-state index contributed by atoms with van der Waals surface area (Å²) in [7, 11) is 0. The number of tetrazole rings is 1. The lowest BCUT2D eigenvalue weighted by molar-refractivity contribution is 0.308.